The number of nitrogens with one attached hydrogen (secondary N) is 1. The van der Waals surface area contributed by atoms with Gasteiger partial charge in [0.05, 0.1) is 23.7 Å². The van der Waals surface area contributed by atoms with Gasteiger partial charge in [0, 0.05) is 11.6 Å². The lowest BCUT2D eigenvalue weighted by Gasteiger charge is -2.20. The van der Waals surface area contributed by atoms with Gasteiger partial charge >= 0.3 is 0 Å². The van der Waals surface area contributed by atoms with Gasteiger partial charge in [-0.15, -0.1) is 0 Å². The maximum absolute atomic E-state index is 11.3. The highest BCUT2D eigenvalue weighted by Crippen LogP contribution is 2.30. The van der Waals surface area contributed by atoms with Gasteiger partial charge in [0.2, 0.25) is 0 Å². The lowest BCUT2D eigenvalue weighted by molar-refractivity contribution is -0.124. The number of benzene rings is 3. The number of amides is 1. The van der Waals surface area contributed by atoms with Gasteiger partial charge in [-0.2, -0.15) is 0 Å². The van der Waals surface area contributed by atoms with Crippen molar-refractivity contribution >= 4 is 23.0 Å². The van der Waals surface area contributed by atoms with Crippen molar-refractivity contribution in [2.75, 3.05) is 6.61 Å². The molecular weight excluding hydrogens is 390 g/mol. The number of fused-ring (bicyclic) bond motifs is 1. The van der Waals surface area contributed by atoms with Crippen LogP contribution in [0.4, 0.5) is 0 Å². The molecule has 0 radical (unpaired) electrons. The van der Waals surface area contributed by atoms with E-state index in [1.54, 1.807) is 11.6 Å². The molecule has 1 heterocycles. The minimum absolute atomic E-state index is 0.0293. The highest BCUT2D eigenvalue weighted by molar-refractivity contribution is 5.91. The van der Waals surface area contributed by atoms with E-state index in [-0.39, 0.29) is 12.6 Å². The van der Waals surface area contributed by atoms with Crippen LogP contribution in [0.25, 0.3) is 28.5 Å². The predicted octanol–water partition coefficient (Wildman–Crippen LogP) is 4.00. The second kappa shape index (κ2) is 9.38. The summed E-state index contributed by atoms with van der Waals surface area (Å²) >= 11 is 0. The van der Waals surface area contributed by atoms with Gasteiger partial charge < -0.3 is 9.67 Å². The van der Waals surface area contributed by atoms with Gasteiger partial charge in [0.1, 0.15) is 5.82 Å². The maximum Gasteiger partial charge on any atom is 0.267 e. The van der Waals surface area contributed by atoms with Crippen molar-refractivity contribution in [3.8, 4) is 11.4 Å². The Hall–Kier alpha value is -3.74. The van der Waals surface area contributed by atoms with E-state index in [1.807, 2.05) is 66.7 Å². The van der Waals surface area contributed by atoms with Crippen LogP contribution in [0.15, 0.2) is 84.9 Å². The first kappa shape index (κ1) is 20.5. The third-order valence-electron chi connectivity index (χ3n) is 5.17. The summed E-state index contributed by atoms with van der Waals surface area (Å²) in [5, 5.41) is 19.0. The Balaban J connectivity index is 1.80. The quantitative estimate of drug-likeness (QED) is 0.243. The van der Waals surface area contributed by atoms with Gasteiger partial charge in [-0.25, -0.2) is 10.5 Å². The van der Waals surface area contributed by atoms with Crippen molar-refractivity contribution in [3.05, 3.63) is 96.1 Å². The molecule has 0 spiro atoms. The molecule has 6 heteroatoms. The van der Waals surface area contributed by atoms with Gasteiger partial charge in [0.15, 0.2) is 0 Å². The lowest BCUT2D eigenvalue weighted by atomic mass is 10.0. The van der Waals surface area contributed by atoms with Crippen molar-refractivity contribution in [3.63, 3.8) is 0 Å². The highest BCUT2D eigenvalue weighted by Gasteiger charge is 2.20. The Labute approximate surface area is 180 Å². The molecule has 0 aliphatic carbocycles. The average Bonchev–Trinajstić information content (AvgIpc) is 3.21. The summed E-state index contributed by atoms with van der Waals surface area (Å²) in [6.45, 7) is -0.0293. The SMILES string of the molecule is O=C(/C=C/c1cccc(-c2nc3ccccc3n2[C@@H](CO)Cc2ccccc2)c1)NO. The van der Waals surface area contributed by atoms with Gasteiger partial charge in [-0.05, 0) is 41.8 Å². The molecule has 0 saturated carbocycles. The number of carbonyl (C=O) groups excluding carboxylic acids is 1. The summed E-state index contributed by atoms with van der Waals surface area (Å²) in [6, 6.07) is 25.4. The number of aliphatic hydroxyl groups excluding tert-OH is 1. The van der Waals surface area contributed by atoms with Crippen LogP contribution in [0.2, 0.25) is 0 Å². The van der Waals surface area contributed by atoms with Crippen molar-refractivity contribution in [2.24, 2.45) is 0 Å². The number of hydrogen-bond acceptors (Lipinski definition) is 4. The fourth-order valence-electron chi connectivity index (χ4n) is 3.73. The van der Waals surface area contributed by atoms with Gasteiger partial charge in [-0.1, -0.05) is 60.7 Å². The molecule has 1 aromatic heterocycles. The number of rotatable bonds is 7. The molecular formula is C25H23N3O3. The fraction of sp³-hybridized carbons (Fsp3) is 0.120. The van der Waals surface area contributed by atoms with E-state index in [2.05, 4.69) is 16.7 Å². The first-order chi connectivity index (χ1) is 15.2. The molecule has 3 N–H and O–H groups in total. The fourth-order valence-corrected chi connectivity index (χ4v) is 3.73. The van der Waals surface area contributed by atoms with Gasteiger partial charge in [-0.3, -0.25) is 10.0 Å². The minimum atomic E-state index is -0.596. The molecule has 31 heavy (non-hydrogen) atoms. The summed E-state index contributed by atoms with van der Waals surface area (Å²) in [5.41, 5.74) is 6.19. The average molecular weight is 413 g/mol. The number of hydrogen-bond donors (Lipinski definition) is 3. The van der Waals surface area contributed by atoms with E-state index in [0.717, 1.165) is 33.5 Å². The molecule has 156 valence electrons. The summed E-state index contributed by atoms with van der Waals surface area (Å²) in [7, 11) is 0. The number of aliphatic hydroxyl groups is 1. The van der Waals surface area contributed by atoms with Crippen LogP contribution in [0.3, 0.4) is 0 Å². The number of para-hydroxylation sites is 2. The van der Waals surface area contributed by atoms with Crippen LogP contribution in [0, 0.1) is 0 Å². The van der Waals surface area contributed by atoms with Crippen LogP contribution in [-0.4, -0.2) is 32.4 Å². The van der Waals surface area contributed by atoms with Crippen LogP contribution in [0.5, 0.6) is 0 Å². The largest absolute Gasteiger partial charge is 0.394 e. The smallest absolute Gasteiger partial charge is 0.267 e. The standard InChI is InChI=1S/C25H23N3O3/c29-17-21(16-18-7-2-1-3-8-18)28-23-12-5-4-11-22(23)26-25(28)20-10-6-9-19(15-20)13-14-24(30)27-31/h1-15,21,29,31H,16-17H2,(H,27,30)/b14-13+/t21-/m1/s1. The zero-order chi connectivity index (χ0) is 21.6. The molecule has 3 aromatic carbocycles. The van der Waals surface area contributed by atoms with E-state index < -0.39 is 5.91 Å². The van der Waals surface area contributed by atoms with Gasteiger partial charge in [0.25, 0.3) is 5.91 Å². The molecule has 0 aliphatic rings. The molecule has 1 atom stereocenters. The zero-order valence-corrected chi connectivity index (χ0v) is 16.8. The second-order valence-corrected chi connectivity index (χ2v) is 7.26. The molecule has 0 saturated heterocycles. The second-order valence-electron chi connectivity index (χ2n) is 7.26. The third-order valence-corrected chi connectivity index (χ3v) is 5.17. The molecule has 0 fully saturated rings. The molecule has 4 rings (SSSR count). The monoisotopic (exact) mass is 413 g/mol. The Morgan fingerprint density at radius 1 is 1.03 bits per heavy atom. The molecule has 4 aromatic rings. The molecule has 0 unspecified atom stereocenters. The van der Waals surface area contributed by atoms with E-state index in [1.165, 1.54) is 6.08 Å². The van der Waals surface area contributed by atoms with E-state index >= 15 is 0 Å². The van der Waals surface area contributed by atoms with Crippen molar-refractivity contribution in [1.29, 1.82) is 0 Å². The summed E-state index contributed by atoms with van der Waals surface area (Å²) in [6.07, 6.45) is 3.55. The number of nitrogens with zero attached hydrogens (tertiary/aromatic N) is 2. The van der Waals surface area contributed by atoms with E-state index in [4.69, 9.17) is 10.2 Å². The Morgan fingerprint density at radius 2 is 1.81 bits per heavy atom. The summed E-state index contributed by atoms with van der Waals surface area (Å²) in [4.78, 5) is 16.2. The van der Waals surface area contributed by atoms with Crippen molar-refractivity contribution < 1.29 is 15.1 Å². The minimum Gasteiger partial charge on any atom is -0.394 e. The van der Waals surface area contributed by atoms with Crippen LogP contribution < -0.4 is 5.48 Å². The highest BCUT2D eigenvalue weighted by atomic mass is 16.5. The Morgan fingerprint density at radius 3 is 2.58 bits per heavy atom. The molecule has 0 bridgehead atoms. The zero-order valence-electron chi connectivity index (χ0n) is 16.8. The summed E-state index contributed by atoms with van der Waals surface area (Å²) < 4.78 is 2.09. The molecule has 0 aliphatic heterocycles. The third kappa shape index (κ3) is 4.55. The molecule has 6 nitrogen and oxygen atoms in total. The number of hydroxylamine groups is 1. The first-order valence-electron chi connectivity index (χ1n) is 10.0. The van der Waals surface area contributed by atoms with Crippen LogP contribution in [-0.2, 0) is 11.2 Å². The van der Waals surface area contributed by atoms with E-state index in [9.17, 15) is 9.90 Å². The normalized spacial score (nSPS) is 12.3. The van der Waals surface area contributed by atoms with Crippen LogP contribution in [0.1, 0.15) is 17.2 Å². The Kier molecular flexibility index (Phi) is 6.21. The number of imidazole rings is 1. The summed E-state index contributed by atoms with van der Waals surface area (Å²) in [5.74, 6) is 0.152. The molecule has 1 amide bonds. The first-order valence-corrected chi connectivity index (χ1v) is 10.0. The number of carbonyl (C=O) groups is 1. The lowest BCUT2D eigenvalue weighted by Crippen LogP contribution is -2.17. The topological polar surface area (TPSA) is 87.4 Å². The number of aromatic nitrogens is 2. The van der Waals surface area contributed by atoms with Crippen molar-refractivity contribution in [1.82, 2.24) is 15.0 Å². The Bertz CT molecular complexity index is 1220. The predicted molar refractivity (Wildman–Crippen MR) is 120 cm³/mol. The van der Waals surface area contributed by atoms with E-state index in [0.29, 0.717) is 6.42 Å². The van der Waals surface area contributed by atoms with Crippen molar-refractivity contribution in [2.45, 2.75) is 12.5 Å². The van der Waals surface area contributed by atoms with Crippen LogP contribution >= 0.6 is 0 Å². The maximum atomic E-state index is 11.3.